The van der Waals surface area contributed by atoms with E-state index in [1.165, 1.54) is 0 Å². The molecule has 2 rings (SSSR count). The highest BCUT2D eigenvalue weighted by molar-refractivity contribution is 7.92. The number of nitrogens with two attached hydrogens (primary N) is 1. The van der Waals surface area contributed by atoms with Crippen LogP contribution in [0.4, 0.5) is 15.8 Å². The first kappa shape index (κ1) is 17.3. The third-order valence-electron chi connectivity index (χ3n) is 2.82. The van der Waals surface area contributed by atoms with Gasteiger partial charge in [0.1, 0.15) is 5.82 Å². The summed E-state index contributed by atoms with van der Waals surface area (Å²) < 4.78 is 39.8. The highest BCUT2D eigenvalue weighted by atomic mass is 35.5. The van der Waals surface area contributed by atoms with Gasteiger partial charge in [-0.15, -0.1) is 0 Å². The van der Waals surface area contributed by atoms with Gasteiger partial charge in [-0.05, 0) is 30.3 Å². The molecule has 2 aromatic rings. The Labute approximate surface area is 140 Å². The smallest absolute Gasteiger partial charge is 0.337 e. The number of nitrogens with one attached hydrogen (secondary N) is 1. The van der Waals surface area contributed by atoms with Crippen LogP contribution in [0, 0.1) is 5.82 Å². The highest BCUT2D eigenvalue weighted by Crippen LogP contribution is 2.31. The van der Waals surface area contributed by atoms with Crippen LogP contribution in [0.15, 0.2) is 35.2 Å². The Morgan fingerprint density at radius 2 is 1.74 bits per heavy atom. The van der Waals surface area contributed by atoms with Gasteiger partial charge in [0.15, 0.2) is 0 Å². The number of hydrogen-bond donors (Lipinski definition) is 3. The molecule has 0 aliphatic heterocycles. The molecule has 2 aromatic carbocycles. The summed E-state index contributed by atoms with van der Waals surface area (Å²) >= 11 is 11.6. The van der Waals surface area contributed by atoms with Gasteiger partial charge in [0.05, 0.1) is 31.9 Å². The third kappa shape index (κ3) is 3.66. The number of carboxylic acids is 1. The number of rotatable bonds is 4. The zero-order valence-corrected chi connectivity index (χ0v) is 13.5. The number of carboxylic acid groups (broad SMARTS) is 1. The van der Waals surface area contributed by atoms with Crippen LogP contribution < -0.4 is 10.5 Å². The first-order chi connectivity index (χ1) is 10.6. The molecule has 0 heterocycles. The number of halogens is 3. The first-order valence-corrected chi connectivity index (χ1v) is 8.16. The van der Waals surface area contributed by atoms with Crippen LogP contribution in [-0.4, -0.2) is 19.5 Å². The van der Waals surface area contributed by atoms with Crippen LogP contribution >= 0.6 is 23.2 Å². The molecule has 10 heteroatoms. The third-order valence-corrected chi connectivity index (χ3v) is 4.79. The van der Waals surface area contributed by atoms with E-state index in [-0.39, 0.29) is 26.3 Å². The van der Waals surface area contributed by atoms with Crippen molar-refractivity contribution in [1.82, 2.24) is 0 Å². The van der Waals surface area contributed by atoms with Gasteiger partial charge >= 0.3 is 5.97 Å². The Kier molecular flexibility index (Phi) is 4.69. The van der Waals surface area contributed by atoms with Crippen molar-refractivity contribution in [3.63, 3.8) is 0 Å². The van der Waals surface area contributed by atoms with Crippen molar-refractivity contribution in [3.05, 3.63) is 51.8 Å². The van der Waals surface area contributed by atoms with E-state index in [0.29, 0.717) is 6.07 Å². The summed E-state index contributed by atoms with van der Waals surface area (Å²) in [6.45, 7) is 0. The zero-order valence-electron chi connectivity index (χ0n) is 11.2. The SMILES string of the molecule is Nc1c(Cl)cc(S(=O)(=O)Nc2ccc(F)cc2C(=O)O)cc1Cl. The fourth-order valence-corrected chi connectivity index (χ4v) is 3.45. The maximum Gasteiger partial charge on any atom is 0.337 e. The van der Waals surface area contributed by atoms with Gasteiger partial charge in [-0.3, -0.25) is 4.72 Å². The molecule has 6 nitrogen and oxygen atoms in total. The molecule has 122 valence electrons. The minimum Gasteiger partial charge on any atom is -0.478 e. The summed E-state index contributed by atoms with van der Waals surface area (Å²) in [5.74, 6) is -2.31. The highest BCUT2D eigenvalue weighted by Gasteiger charge is 2.21. The summed E-state index contributed by atoms with van der Waals surface area (Å²) in [5, 5.41) is 8.87. The number of sulfonamides is 1. The molecule has 0 saturated carbocycles. The molecule has 0 amide bonds. The topological polar surface area (TPSA) is 109 Å². The lowest BCUT2D eigenvalue weighted by Gasteiger charge is -2.12. The van der Waals surface area contributed by atoms with Gasteiger partial charge in [-0.25, -0.2) is 17.6 Å². The Hall–Kier alpha value is -2.03. The largest absolute Gasteiger partial charge is 0.478 e. The minimum atomic E-state index is -4.20. The number of nitrogen functional groups attached to an aromatic ring is 1. The molecule has 0 aliphatic carbocycles. The van der Waals surface area contributed by atoms with Crippen molar-refractivity contribution in [2.24, 2.45) is 0 Å². The fraction of sp³-hybridized carbons (Fsp3) is 0. The van der Waals surface area contributed by atoms with Crippen molar-refractivity contribution in [2.45, 2.75) is 4.90 Å². The lowest BCUT2D eigenvalue weighted by molar-refractivity contribution is 0.0697. The molecule has 0 unspecified atom stereocenters. The molecule has 0 fully saturated rings. The van der Waals surface area contributed by atoms with Gasteiger partial charge in [0.25, 0.3) is 10.0 Å². The summed E-state index contributed by atoms with van der Waals surface area (Å²) in [6, 6.07) is 4.75. The molecule has 4 N–H and O–H groups in total. The summed E-state index contributed by atoms with van der Waals surface area (Å²) in [4.78, 5) is 10.8. The average molecular weight is 379 g/mol. The van der Waals surface area contributed by atoms with Crippen molar-refractivity contribution < 1.29 is 22.7 Å². The van der Waals surface area contributed by atoms with Crippen molar-refractivity contribution in [1.29, 1.82) is 0 Å². The van der Waals surface area contributed by atoms with Crippen LogP contribution in [0.25, 0.3) is 0 Å². The van der Waals surface area contributed by atoms with Gasteiger partial charge in [-0.2, -0.15) is 0 Å². The Morgan fingerprint density at radius 3 is 2.26 bits per heavy atom. The van der Waals surface area contributed by atoms with E-state index >= 15 is 0 Å². The van der Waals surface area contributed by atoms with E-state index in [1.807, 2.05) is 0 Å². The molecule has 0 saturated heterocycles. The summed E-state index contributed by atoms with van der Waals surface area (Å²) in [5.41, 5.74) is 4.70. The van der Waals surface area contributed by atoms with Crippen molar-refractivity contribution in [2.75, 3.05) is 10.5 Å². The van der Waals surface area contributed by atoms with Crippen molar-refractivity contribution in [3.8, 4) is 0 Å². The maximum atomic E-state index is 13.1. The molecule has 0 spiro atoms. The van der Waals surface area contributed by atoms with E-state index in [4.69, 9.17) is 34.0 Å². The first-order valence-electron chi connectivity index (χ1n) is 5.92. The standard InChI is InChI=1S/C13H9Cl2FN2O4S/c14-9-4-7(5-10(15)12(9)17)23(21,22)18-11-2-1-6(16)3-8(11)13(19)20/h1-5,18H,17H2,(H,19,20). The normalized spacial score (nSPS) is 11.3. The molecule has 0 aromatic heterocycles. The molecule has 0 radical (unpaired) electrons. The predicted molar refractivity (Wildman–Crippen MR) is 85.0 cm³/mol. The summed E-state index contributed by atoms with van der Waals surface area (Å²) in [6.07, 6.45) is 0. The summed E-state index contributed by atoms with van der Waals surface area (Å²) in [7, 11) is -4.20. The maximum absolute atomic E-state index is 13.1. The van der Waals surface area contributed by atoms with Crippen molar-refractivity contribution >= 4 is 50.6 Å². The van der Waals surface area contributed by atoms with Crippen LogP contribution in [0.1, 0.15) is 10.4 Å². The molecule has 0 atom stereocenters. The number of hydrogen-bond acceptors (Lipinski definition) is 4. The molecule has 0 aliphatic rings. The second-order valence-corrected chi connectivity index (χ2v) is 6.90. The molecular formula is C13H9Cl2FN2O4S. The Balaban J connectivity index is 2.49. The Morgan fingerprint density at radius 1 is 1.17 bits per heavy atom. The lowest BCUT2D eigenvalue weighted by Crippen LogP contribution is -2.16. The van der Waals surface area contributed by atoms with Crippen LogP contribution in [0.2, 0.25) is 10.0 Å². The monoisotopic (exact) mass is 378 g/mol. The van der Waals surface area contributed by atoms with E-state index in [2.05, 4.69) is 4.72 Å². The quantitative estimate of drug-likeness (QED) is 0.707. The van der Waals surface area contributed by atoms with E-state index < -0.39 is 27.4 Å². The molecule has 0 bridgehead atoms. The molecule has 23 heavy (non-hydrogen) atoms. The minimum absolute atomic E-state index is 0.0142. The van der Waals surface area contributed by atoms with Gasteiger partial charge < -0.3 is 10.8 Å². The average Bonchev–Trinajstić information content (AvgIpc) is 2.45. The fourth-order valence-electron chi connectivity index (χ4n) is 1.70. The zero-order chi connectivity index (χ0) is 17.4. The Bertz CT molecular complexity index is 880. The second-order valence-electron chi connectivity index (χ2n) is 4.40. The number of benzene rings is 2. The molecular weight excluding hydrogens is 370 g/mol. The lowest BCUT2D eigenvalue weighted by atomic mass is 10.2. The van der Waals surface area contributed by atoms with Gasteiger partial charge in [0.2, 0.25) is 0 Å². The second kappa shape index (κ2) is 6.23. The van der Waals surface area contributed by atoms with Gasteiger partial charge in [0, 0.05) is 0 Å². The number of aromatic carboxylic acids is 1. The van der Waals surface area contributed by atoms with E-state index in [9.17, 15) is 17.6 Å². The van der Waals surface area contributed by atoms with Crippen LogP contribution in [0.5, 0.6) is 0 Å². The number of carbonyl (C=O) groups is 1. The van der Waals surface area contributed by atoms with Crippen LogP contribution in [0.3, 0.4) is 0 Å². The van der Waals surface area contributed by atoms with Crippen LogP contribution in [-0.2, 0) is 10.0 Å². The number of anilines is 2. The van der Waals surface area contributed by atoms with Gasteiger partial charge in [-0.1, -0.05) is 23.2 Å². The van der Waals surface area contributed by atoms with E-state index in [1.54, 1.807) is 0 Å². The predicted octanol–water partition coefficient (Wildman–Crippen LogP) is 3.21. The van der Waals surface area contributed by atoms with E-state index in [0.717, 1.165) is 24.3 Å².